The van der Waals surface area contributed by atoms with Crippen molar-refractivity contribution in [1.82, 2.24) is 0 Å². The van der Waals surface area contributed by atoms with Crippen molar-refractivity contribution in [1.29, 1.82) is 0 Å². The number of aryl methyl sites for hydroxylation is 1. The Balaban J connectivity index is 2.00. The lowest BCUT2D eigenvalue weighted by molar-refractivity contribution is 0.721. The van der Waals surface area contributed by atoms with E-state index >= 15 is 0 Å². The number of hydrogen-bond acceptors (Lipinski definition) is 3. The third kappa shape index (κ3) is 2.80. The van der Waals surface area contributed by atoms with E-state index in [-0.39, 0.29) is 0 Å². The van der Waals surface area contributed by atoms with Crippen molar-refractivity contribution in [2.75, 3.05) is 0 Å². The third-order valence-electron chi connectivity index (χ3n) is 3.29. The second-order valence-electron chi connectivity index (χ2n) is 4.72. The first-order valence-corrected chi connectivity index (χ1v) is 10.8. The molecular weight excluding hydrogens is 436 g/mol. The number of unbranched alkanes of at least 4 members (excludes halogenated alkanes) is 2. The third-order valence-corrected chi connectivity index (χ3v) is 9.05. The Morgan fingerprint density at radius 1 is 1.05 bits per heavy atom. The van der Waals surface area contributed by atoms with E-state index in [4.69, 9.17) is 0 Å². The SMILES string of the molecule is CCCCCc1csc2c(Br)c(-c3sccc3Br)sc12. The van der Waals surface area contributed by atoms with Gasteiger partial charge in [-0.25, -0.2) is 0 Å². The molecule has 0 radical (unpaired) electrons. The lowest BCUT2D eigenvalue weighted by Gasteiger charge is -1.97. The Kier molecular flexibility index (Phi) is 5.03. The van der Waals surface area contributed by atoms with Gasteiger partial charge in [-0.3, -0.25) is 0 Å². The van der Waals surface area contributed by atoms with Crippen LogP contribution in [0.4, 0.5) is 0 Å². The molecule has 3 rings (SSSR count). The summed E-state index contributed by atoms with van der Waals surface area (Å²) in [7, 11) is 0. The fourth-order valence-corrected chi connectivity index (χ4v) is 7.77. The lowest BCUT2D eigenvalue weighted by atomic mass is 10.1. The van der Waals surface area contributed by atoms with Crippen molar-refractivity contribution in [3.63, 3.8) is 0 Å². The van der Waals surface area contributed by atoms with Gasteiger partial charge in [-0.2, -0.15) is 0 Å². The molecule has 20 heavy (non-hydrogen) atoms. The summed E-state index contributed by atoms with van der Waals surface area (Å²) in [6.45, 7) is 2.26. The van der Waals surface area contributed by atoms with Gasteiger partial charge in [-0.05, 0) is 67.1 Å². The quantitative estimate of drug-likeness (QED) is 0.346. The summed E-state index contributed by atoms with van der Waals surface area (Å²) < 4.78 is 5.36. The highest BCUT2D eigenvalue weighted by Gasteiger charge is 2.18. The van der Waals surface area contributed by atoms with Crippen LogP contribution in [0.5, 0.6) is 0 Å². The number of thiophene rings is 3. The second kappa shape index (κ2) is 6.61. The van der Waals surface area contributed by atoms with E-state index in [0.717, 1.165) is 0 Å². The van der Waals surface area contributed by atoms with Gasteiger partial charge >= 0.3 is 0 Å². The molecule has 0 aliphatic heterocycles. The van der Waals surface area contributed by atoms with Gasteiger partial charge < -0.3 is 0 Å². The predicted molar refractivity (Wildman–Crippen MR) is 102 cm³/mol. The first kappa shape index (κ1) is 15.2. The average Bonchev–Trinajstić information content (AvgIpc) is 3.09. The number of fused-ring (bicyclic) bond motifs is 1. The fraction of sp³-hybridized carbons (Fsp3) is 0.333. The minimum absolute atomic E-state index is 1.20. The summed E-state index contributed by atoms with van der Waals surface area (Å²) in [6, 6.07) is 2.13. The molecule has 0 aromatic carbocycles. The topological polar surface area (TPSA) is 0 Å². The van der Waals surface area contributed by atoms with Gasteiger partial charge in [0, 0.05) is 4.47 Å². The number of halogens is 2. The monoisotopic (exact) mass is 448 g/mol. The van der Waals surface area contributed by atoms with E-state index in [1.807, 2.05) is 22.7 Å². The summed E-state index contributed by atoms with van der Waals surface area (Å²) in [5, 5.41) is 4.48. The highest BCUT2D eigenvalue weighted by atomic mass is 79.9. The van der Waals surface area contributed by atoms with E-state index in [1.165, 1.54) is 59.3 Å². The molecule has 0 spiro atoms. The molecule has 3 aromatic rings. The van der Waals surface area contributed by atoms with Gasteiger partial charge in [0.2, 0.25) is 0 Å². The zero-order valence-corrected chi connectivity index (χ0v) is 16.7. The van der Waals surface area contributed by atoms with Crippen LogP contribution in [0.2, 0.25) is 0 Å². The maximum atomic E-state index is 3.81. The van der Waals surface area contributed by atoms with Crippen LogP contribution in [-0.2, 0) is 6.42 Å². The summed E-state index contributed by atoms with van der Waals surface area (Å²) in [5.74, 6) is 0. The molecule has 0 saturated carbocycles. The minimum atomic E-state index is 1.20. The summed E-state index contributed by atoms with van der Waals surface area (Å²) in [6.07, 6.45) is 5.13. The first-order chi connectivity index (χ1) is 9.72. The Bertz CT molecular complexity index is 721. The molecule has 0 amide bonds. The molecule has 0 fully saturated rings. The highest BCUT2D eigenvalue weighted by molar-refractivity contribution is 9.11. The van der Waals surface area contributed by atoms with Gasteiger partial charge in [0.1, 0.15) is 0 Å². The van der Waals surface area contributed by atoms with Crippen molar-refractivity contribution in [3.05, 3.63) is 31.3 Å². The van der Waals surface area contributed by atoms with Gasteiger partial charge in [-0.1, -0.05) is 19.8 Å². The van der Waals surface area contributed by atoms with Gasteiger partial charge in [-0.15, -0.1) is 34.0 Å². The predicted octanol–water partition coefficient (Wildman–Crippen LogP) is 7.95. The molecule has 3 heterocycles. The summed E-state index contributed by atoms with van der Waals surface area (Å²) in [4.78, 5) is 2.70. The maximum absolute atomic E-state index is 3.81. The molecule has 106 valence electrons. The maximum Gasteiger partial charge on any atom is 0.0617 e. The van der Waals surface area contributed by atoms with E-state index in [9.17, 15) is 0 Å². The van der Waals surface area contributed by atoms with E-state index in [0.29, 0.717) is 0 Å². The molecule has 0 N–H and O–H groups in total. The molecule has 0 aliphatic rings. The van der Waals surface area contributed by atoms with Crippen LogP contribution in [0.15, 0.2) is 25.8 Å². The minimum Gasteiger partial charge on any atom is -0.142 e. The van der Waals surface area contributed by atoms with Crippen molar-refractivity contribution < 1.29 is 0 Å². The standard InChI is InChI=1S/C15H14Br2S3/c1-2-3-4-5-9-8-19-14-11(17)15(20-12(9)14)13-10(16)6-7-18-13/h6-8H,2-5H2,1H3. The largest absolute Gasteiger partial charge is 0.142 e. The van der Waals surface area contributed by atoms with Gasteiger partial charge in [0.25, 0.3) is 0 Å². The number of rotatable bonds is 5. The molecule has 5 heteroatoms. The van der Waals surface area contributed by atoms with Crippen LogP contribution in [0, 0.1) is 0 Å². The number of hydrogen-bond donors (Lipinski definition) is 0. The van der Waals surface area contributed by atoms with Crippen LogP contribution in [0.25, 0.3) is 19.2 Å². The molecule has 0 atom stereocenters. The van der Waals surface area contributed by atoms with Crippen LogP contribution < -0.4 is 0 Å². The first-order valence-electron chi connectivity index (χ1n) is 6.64. The molecule has 0 nitrogen and oxygen atoms in total. The Morgan fingerprint density at radius 3 is 2.60 bits per heavy atom. The average molecular weight is 450 g/mol. The van der Waals surface area contributed by atoms with E-state index in [1.54, 1.807) is 11.3 Å². The Hall–Kier alpha value is 0.320. The summed E-state index contributed by atoms with van der Waals surface area (Å²) >= 11 is 13.1. The summed E-state index contributed by atoms with van der Waals surface area (Å²) in [5.41, 5.74) is 1.53. The van der Waals surface area contributed by atoms with Crippen molar-refractivity contribution >= 4 is 75.3 Å². The molecule has 0 saturated heterocycles. The van der Waals surface area contributed by atoms with Crippen LogP contribution in [0.3, 0.4) is 0 Å². The zero-order chi connectivity index (χ0) is 14.1. The van der Waals surface area contributed by atoms with Gasteiger partial charge in [0.05, 0.1) is 23.6 Å². The van der Waals surface area contributed by atoms with Crippen molar-refractivity contribution in [2.45, 2.75) is 32.6 Å². The van der Waals surface area contributed by atoms with Crippen LogP contribution in [-0.4, -0.2) is 0 Å². The molecule has 0 bridgehead atoms. The van der Waals surface area contributed by atoms with Gasteiger partial charge in [0.15, 0.2) is 0 Å². The highest BCUT2D eigenvalue weighted by Crippen LogP contribution is 2.49. The van der Waals surface area contributed by atoms with E-state index in [2.05, 4.69) is 55.6 Å². The zero-order valence-electron chi connectivity index (χ0n) is 11.0. The van der Waals surface area contributed by atoms with Crippen molar-refractivity contribution in [3.8, 4) is 9.75 Å². The Morgan fingerprint density at radius 2 is 1.90 bits per heavy atom. The fourth-order valence-electron chi connectivity index (χ4n) is 2.24. The lowest BCUT2D eigenvalue weighted by Crippen LogP contribution is -1.81. The Labute approximate surface area is 148 Å². The molecule has 0 unspecified atom stereocenters. The molecule has 3 aromatic heterocycles. The second-order valence-corrected chi connectivity index (χ2v) is 9.18. The van der Waals surface area contributed by atoms with Crippen molar-refractivity contribution in [2.24, 2.45) is 0 Å². The molecule has 0 aliphatic carbocycles. The van der Waals surface area contributed by atoms with E-state index < -0.39 is 0 Å². The smallest absolute Gasteiger partial charge is 0.0617 e. The van der Waals surface area contributed by atoms with Crippen LogP contribution >= 0.6 is 65.9 Å². The normalized spacial score (nSPS) is 11.6. The van der Waals surface area contributed by atoms with Crippen LogP contribution in [0.1, 0.15) is 31.7 Å². The molecular formula is C15H14Br2S3.